The lowest BCUT2D eigenvalue weighted by atomic mass is 9.90. The molecule has 0 aliphatic carbocycles. The van der Waals surface area contributed by atoms with Crippen LogP contribution in [-0.4, -0.2) is 25.0 Å². The topological polar surface area (TPSA) is 37.2 Å². The standard InChI is InChI=1S/C14H11ClF4N2O/c1-8(21-6-12(15)20-2)14(18,19)13(7-22-13)10-4-3-9(16)5-11(10)17/h3-6H,2,7H2,1H3/b12-6-,21-8?. The zero-order valence-electron chi connectivity index (χ0n) is 11.4. The summed E-state index contributed by atoms with van der Waals surface area (Å²) in [7, 11) is 0. The third kappa shape index (κ3) is 2.78. The number of alkyl halides is 2. The van der Waals surface area contributed by atoms with Gasteiger partial charge in [0, 0.05) is 11.6 Å². The van der Waals surface area contributed by atoms with E-state index in [1.165, 1.54) is 0 Å². The fraction of sp³-hybridized carbons (Fsp3) is 0.286. The van der Waals surface area contributed by atoms with Gasteiger partial charge in [0.1, 0.15) is 16.8 Å². The minimum absolute atomic E-state index is 0.172. The Bertz CT molecular complexity index is 669. The van der Waals surface area contributed by atoms with E-state index in [1.807, 2.05) is 0 Å². The number of epoxide rings is 1. The van der Waals surface area contributed by atoms with E-state index in [9.17, 15) is 17.6 Å². The zero-order valence-corrected chi connectivity index (χ0v) is 12.2. The first-order valence-electron chi connectivity index (χ1n) is 6.09. The SMILES string of the molecule is C=N/C(Cl)=C\N=C(C)C(F)(F)C1(c2ccc(F)cc2F)CO1. The molecule has 0 N–H and O–H groups in total. The maximum Gasteiger partial charge on any atom is 0.320 e. The molecule has 22 heavy (non-hydrogen) atoms. The van der Waals surface area contributed by atoms with Crippen LogP contribution in [0.4, 0.5) is 17.6 Å². The summed E-state index contributed by atoms with van der Waals surface area (Å²) < 4.78 is 60.7. The number of nitrogens with zero attached hydrogens (tertiary/aromatic N) is 2. The molecule has 0 aromatic heterocycles. The van der Waals surface area contributed by atoms with Crippen LogP contribution in [0.25, 0.3) is 0 Å². The molecule has 0 bridgehead atoms. The van der Waals surface area contributed by atoms with E-state index >= 15 is 0 Å². The second-order valence-electron chi connectivity index (χ2n) is 4.64. The van der Waals surface area contributed by atoms with E-state index in [2.05, 4.69) is 16.7 Å². The molecular formula is C14H11ClF4N2O. The summed E-state index contributed by atoms with van der Waals surface area (Å²) in [6.07, 6.45) is 0.898. The van der Waals surface area contributed by atoms with Gasteiger partial charge in [0.05, 0.1) is 18.5 Å². The molecular weight excluding hydrogens is 324 g/mol. The largest absolute Gasteiger partial charge is 0.357 e. The first-order chi connectivity index (χ1) is 10.2. The van der Waals surface area contributed by atoms with Crippen molar-refractivity contribution in [2.24, 2.45) is 9.98 Å². The van der Waals surface area contributed by atoms with Gasteiger partial charge < -0.3 is 4.74 Å². The Morgan fingerprint density at radius 3 is 2.59 bits per heavy atom. The lowest BCUT2D eigenvalue weighted by molar-refractivity contribution is -0.0158. The van der Waals surface area contributed by atoms with Crippen molar-refractivity contribution in [3.8, 4) is 0 Å². The highest BCUT2D eigenvalue weighted by Gasteiger charge is 2.68. The zero-order chi connectivity index (χ0) is 16.5. The van der Waals surface area contributed by atoms with Gasteiger partial charge in [0.15, 0.2) is 5.60 Å². The number of hydrogen-bond acceptors (Lipinski definition) is 3. The van der Waals surface area contributed by atoms with Crippen LogP contribution in [0.2, 0.25) is 0 Å². The second kappa shape index (κ2) is 5.81. The molecule has 0 saturated carbocycles. The van der Waals surface area contributed by atoms with Gasteiger partial charge in [0.2, 0.25) is 0 Å². The van der Waals surface area contributed by atoms with Gasteiger partial charge in [0.25, 0.3) is 0 Å². The highest BCUT2D eigenvalue weighted by molar-refractivity contribution is 6.29. The Labute approximate surface area is 129 Å². The van der Waals surface area contributed by atoms with Crippen LogP contribution in [0.15, 0.2) is 39.5 Å². The van der Waals surface area contributed by atoms with Gasteiger partial charge in [-0.15, -0.1) is 0 Å². The molecule has 1 aromatic rings. The van der Waals surface area contributed by atoms with E-state index in [1.54, 1.807) is 0 Å². The number of aliphatic imine (C=N–C) groups is 2. The molecule has 2 rings (SSSR count). The van der Waals surface area contributed by atoms with Crippen molar-refractivity contribution >= 4 is 24.0 Å². The Morgan fingerprint density at radius 1 is 1.45 bits per heavy atom. The third-order valence-electron chi connectivity index (χ3n) is 3.28. The van der Waals surface area contributed by atoms with Crippen molar-refractivity contribution in [1.29, 1.82) is 0 Å². The quantitative estimate of drug-likeness (QED) is 0.347. The van der Waals surface area contributed by atoms with Crippen LogP contribution < -0.4 is 0 Å². The fourth-order valence-corrected chi connectivity index (χ4v) is 2.01. The van der Waals surface area contributed by atoms with Crippen molar-refractivity contribution in [3.63, 3.8) is 0 Å². The van der Waals surface area contributed by atoms with Crippen LogP contribution in [0.1, 0.15) is 12.5 Å². The van der Waals surface area contributed by atoms with Crippen molar-refractivity contribution in [2.45, 2.75) is 18.4 Å². The molecule has 1 saturated heterocycles. The van der Waals surface area contributed by atoms with Crippen LogP contribution >= 0.6 is 11.6 Å². The van der Waals surface area contributed by atoms with Crippen LogP contribution in [0, 0.1) is 11.6 Å². The summed E-state index contributed by atoms with van der Waals surface area (Å²) >= 11 is 5.50. The monoisotopic (exact) mass is 334 g/mol. The number of benzene rings is 1. The summed E-state index contributed by atoms with van der Waals surface area (Å²) in [4.78, 5) is 6.80. The molecule has 8 heteroatoms. The van der Waals surface area contributed by atoms with Crippen LogP contribution in [0.3, 0.4) is 0 Å². The van der Waals surface area contributed by atoms with Gasteiger partial charge in [-0.2, -0.15) is 8.78 Å². The molecule has 3 nitrogen and oxygen atoms in total. The normalized spacial score (nSPS) is 22.6. The predicted octanol–water partition coefficient (Wildman–Crippen LogP) is 4.02. The Kier molecular flexibility index (Phi) is 4.39. The minimum atomic E-state index is -3.61. The number of ether oxygens (including phenoxy) is 1. The van der Waals surface area contributed by atoms with Crippen molar-refractivity contribution < 1.29 is 22.3 Å². The smallest absolute Gasteiger partial charge is 0.320 e. The molecule has 0 spiro atoms. The summed E-state index contributed by atoms with van der Waals surface area (Å²) in [6, 6.07) is 2.36. The first-order valence-corrected chi connectivity index (χ1v) is 6.47. The molecule has 1 heterocycles. The second-order valence-corrected chi connectivity index (χ2v) is 5.03. The highest BCUT2D eigenvalue weighted by atomic mass is 35.5. The number of halogens is 5. The number of rotatable bonds is 5. The maximum absolute atomic E-state index is 14.5. The fourth-order valence-electron chi connectivity index (χ4n) is 1.96. The predicted molar refractivity (Wildman–Crippen MR) is 75.5 cm³/mol. The van der Waals surface area contributed by atoms with E-state index in [4.69, 9.17) is 16.3 Å². The summed E-state index contributed by atoms with van der Waals surface area (Å²) in [6.45, 7) is 3.75. The average Bonchev–Trinajstić information content (AvgIpc) is 3.26. The van der Waals surface area contributed by atoms with E-state index in [0.29, 0.717) is 6.07 Å². The van der Waals surface area contributed by atoms with Crippen molar-refractivity contribution in [1.82, 2.24) is 0 Å². The van der Waals surface area contributed by atoms with Gasteiger partial charge in [-0.1, -0.05) is 11.6 Å². The summed E-state index contributed by atoms with van der Waals surface area (Å²) in [5.74, 6) is -5.58. The van der Waals surface area contributed by atoms with Crippen molar-refractivity contribution in [2.75, 3.05) is 6.61 Å². The molecule has 1 aliphatic heterocycles. The minimum Gasteiger partial charge on any atom is -0.357 e. The van der Waals surface area contributed by atoms with Crippen LogP contribution in [0.5, 0.6) is 0 Å². The molecule has 0 amide bonds. The number of hydrogen-bond donors (Lipinski definition) is 0. The molecule has 1 aliphatic rings. The van der Waals surface area contributed by atoms with Gasteiger partial charge >= 0.3 is 5.92 Å². The Balaban J connectivity index is 2.41. The first kappa shape index (κ1) is 16.6. The molecule has 1 unspecified atom stereocenters. The van der Waals surface area contributed by atoms with Crippen LogP contribution in [-0.2, 0) is 10.3 Å². The molecule has 1 aromatic carbocycles. The van der Waals surface area contributed by atoms with E-state index < -0.39 is 41.0 Å². The van der Waals surface area contributed by atoms with Gasteiger partial charge in [-0.25, -0.2) is 8.78 Å². The van der Waals surface area contributed by atoms with Gasteiger partial charge in [-0.3, -0.25) is 9.98 Å². The van der Waals surface area contributed by atoms with Gasteiger partial charge in [-0.05, 0) is 25.8 Å². The summed E-state index contributed by atoms with van der Waals surface area (Å²) in [5.41, 5.74) is -3.26. The average molecular weight is 335 g/mol. The van der Waals surface area contributed by atoms with Crippen molar-refractivity contribution in [3.05, 3.63) is 46.8 Å². The lowest BCUT2D eigenvalue weighted by Crippen LogP contribution is -2.42. The molecule has 1 fully saturated rings. The maximum atomic E-state index is 14.5. The highest BCUT2D eigenvalue weighted by Crippen LogP contribution is 2.52. The van der Waals surface area contributed by atoms with E-state index in [-0.39, 0.29) is 5.16 Å². The van der Waals surface area contributed by atoms with E-state index in [0.717, 1.165) is 25.3 Å². The lowest BCUT2D eigenvalue weighted by Gasteiger charge is -2.24. The molecule has 118 valence electrons. The third-order valence-corrected chi connectivity index (χ3v) is 3.49. The molecule has 0 radical (unpaired) electrons. The Hall–Kier alpha value is -1.73. The molecule has 1 atom stereocenters. The Morgan fingerprint density at radius 2 is 2.09 bits per heavy atom. The summed E-state index contributed by atoms with van der Waals surface area (Å²) in [5, 5.41) is -0.172.